The lowest BCUT2D eigenvalue weighted by Gasteiger charge is -2.16. The van der Waals surface area contributed by atoms with Crippen molar-refractivity contribution in [1.82, 2.24) is 0 Å². The van der Waals surface area contributed by atoms with Crippen molar-refractivity contribution in [3.8, 4) is 11.5 Å². The topological polar surface area (TPSA) is 47.6 Å². The Morgan fingerprint density at radius 1 is 1.30 bits per heavy atom. The van der Waals surface area contributed by atoms with Crippen molar-refractivity contribution >= 4 is 35.0 Å². The third kappa shape index (κ3) is 4.62. The predicted molar refractivity (Wildman–Crippen MR) is 98.4 cm³/mol. The van der Waals surface area contributed by atoms with E-state index in [1.807, 2.05) is 0 Å². The average molecular weight is 418 g/mol. The second-order valence-electron chi connectivity index (χ2n) is 5.80. The zero-order chi connectivity index (χ0) is 19.6. The first kappa shape index (κ1) is 19.7. The molecular formula is C18H15ClF3NO3S. The summed E-state index contributed by atoms with van der Waals surface area (Å²) in [6.45, 7) is 1.73. The van der Waals surface area contributed by atoms with Crippen molar-refractivity contribution in [3.63, 3.8) is 0 Å². The molecule has 2 aromatic rings. The number of amides is 1. The van der Waals surface area contributed by atoms with E-state index in [1.165, 1.54) is 30.0 Å². The van der Waals surface area contributed by atoms with Gasteiger partial charge in [0.2, 0.25) is 12.7 Å². The van der Waals surface area contributed by atoms with Gasteiger partial charge in [0.1, 0.15) is 0 Å². The van der Waals surface area contributed by atoms with Crippen molar-refractivity contribution in [3.05, 3.63) is 52.5 Å². The number of halogens is 4. The highest BCUT2D eigenvalue weighted by Gasteiger charge is 2.33. The van der Waals surface area contributed by atoms with Gasteiger partial charge in [-0.2, -0.15) is 13.2 Å². The average Bonchev–Trinajstić information content (AvgIpc) is 3.08. The van der Waals surface area contributed by atoms with E-state index in [4.69, 9.17) is 21.1 Å². The van der Waals surface area contributed by atoms with Gasteiger partial charge in [0.15, 0.2) is 11.5 Å². The predicted octanol–water partition coefficient (Wildman–Crippen LogP) is 5.35. The Hall–Kier alpha value is -2.06. The number of thioether (sulfide) groups is 1. The summed E-state index contributed by atoms with van der Waals surface area (Å²) in [6, 6.07) is 8.37. The first-order valence-electron chi connectivity index (χ1n) is 7.92. The summed E-state index contributed by atoms with van der Waals surface area (Å²) in [6.07, 6.45) is -4.54. The van der Waals surface area contributed by atoms with Crippen LogP contribution in [0.4, 0.5) is 18.9 Å². The van der Waals surface area contributed by atoms with Gasteiger partial charge in [-0.25, -0.2) is 0 Å². The Bertz CT molecular complexity index is 860. The van der Waals surface area contributed by atoms with Crippen LogP contribution in [-0.4, -0.2) is 18.0 Å². The van der Waals surface area contributed by atoms with Crippen LogP contribution in [0.2, 0.25) is 5.02 Å². The highest BCUT2D eigenvalue weighted by Crippen LogP contribution is 2.41. The number of alkyl halides is 3. The summed E-state index contributed by atoms with van der Waals surface area (Å²) in [5.41, 5.74) is -0.309. The summed E-state index contributed by atoms with van der Waals surface area (Å²) < 4.78 is 49.6. The SMILES string of the molecule is CC(SCc1cc(Cl)c2c(c1)OCO2)C(=O)Nc1ccccc1C(F)(F)F. The number of carbonyl (C=O) groups is 1. The molecule has 0 radical (unpaired) electrons. The van der Waals surface area contributed by atoms with Crippen LogP contribution in [0.3, 0.4) is 0 Å². The van der Waals surface area contributed by atoms with Crippen molar-refractivity contribution in [1.29, 1.82) is 0 Å². The Balaban J connectivity index is 1.63. The summed E-state index contributed by atoms with van der Waals surface area (Å²) in [4.78, 5) is 12.3. The quantitative estimate of drug-likeness (QED) is 0.712. The van der Waals surface area contributed by atoms with Crippen LogP contribution in [0.1, 0.15) is 18.1 Å². The molecule has 0 aromatic heterocycles. The van der Waals surface area contributed by atoms with Crippen molar-refractivity contribution in [2.24, 2.45) is 0 Å². The molecule has 4 nitrogen and oxygen atoms in total. The molecule has 0 saturated carbocycles. The smallest absolute Gasteiger partial charge is 0.418 e. The van der Waals surface area contributed by atoms with E-state index in [9.17, 15) is 18.0 Å². The summed E-state index contributed by atoms with van der Waals surface area (Å²) in [5, 5.41) is 2.20. The number of benzene rings is 2. The van der Waals surface area contributed by atoms with Gasteiger partial charge in [-0.3, -0.25) is 4.79 Å². The van der Waals surface area contributed by atoms with E-state index in [0.717, 1.165) is 11.6 Å². The molecule has 1 aliphatic rings. The molecule has 2 aromatic carbocycles. The standard InChI is InChI=1S/C18H15ClF3NO3S/c1-10(17(24)23-14-5-3-2-4-12(14)18(20,21)22)27-8-11-6-13(19)16-15(7-11)25-9-26-16/h2-7,10H,8-9H2,1H3,(H,23,24). The van der Waals surface area contributed by atoms with Crippen LogP contribution >= 0.6 is 23.4 Å². The molecule has 0 bridgehead atoms. The van der Waals surface area contributed by atoms with Gasteiger partial charge in [0.05, 0.1) is 21.5 Å². The highest BCUT2D eigenvalue weighted by molar-refractivity contribution is 7.99. The minimum Gasteiger partial charge on any atom is -0.454 e. The van der Waals surface area contributed by atoms with E-state index < -0.39 is 22.9 Å². The third-order valence-electron chi connectivity index (χ3n) is 3.85. The molecule has 1 unspecified atom stereocenters. The van der Waals surface area contributed by atoms with Crippen molar-refractivity contribution in [2.75, 3.05) is 12.1 Å². The van der Waals surface area contributed by atoms with Crippen LogP contribution in [0.15, 0.2) is 36.4 Å². The largest absolute Gasteiger partial charge is 0.454 e. The maximum absolute atomic E-state index is 13.0. The molecule has 1 heterocycles. The summed E-state index contributed by atoms with van der Waals surface area (Å²) in [5.74, 6) is 0.948. The minimum atomic E-state index is -4.54. The zero-order valence-corrected chi connectivity index (χ0v) is 15.7. The number of nitrogens with one attached hydrogen (secondary N) is 1. The van der Waals surface area contributed by atoms with Gasteiger partial charge in [0, 0.05) is 5.75 Å². The Labute approximate surface area is 163 Å². The first-order chi connectivity index (χ1) is 12.8. The fourth-order valence-corrected chi connectivity index (χ4v) is 3.58. The normalized spacial score (nSPS) is 14.1. The van der Waals surface area contributed by atoms with Crippen LogP contribution < -0.4 is 14.8 Å². The van der Waals surface area contributed by atoms with Gasteiger partial charge in [-0.15, -0.1) is 11.8 Å². The lowest BCUT2D eigenvalue weighted by molar-refractivity contribution is -0.137. The van der Waals surface area contributed by atoms with E-state index in [1.54, 1.807) is 19.1 Å². The van der Waals surface area contributed by atoms with Gasteiger partial charge in [0.25, 0.3) is 0 Å². The van der Waals surface area contributed by atoms with Gasteiger partial charge in [-0.05, 0) is 36.8 Å². The van der Waals surface area contributed by atoms with Crippen LogP contribution in [0, 0.1) is 0 Å². The highest BCUT2D eigenvalue weighted by atomic mass is 35.5. The summed E-state index contributed by atoms with van der Waals surface area (Å²) >= 11 is 7.40. The molecule has 0 spiro atoms. The van der Waals surface area contributed by atoms with Gasteiger partial charge in [-0.1, -0.05) is 23.7 Å². The molecule has 9 heteroatoms. The second-order valence-corrected chi connectivity index (χ2v) is 7.53. The number of carbonyl (C=O) groups excluding carboxylic acids is 1. The molecule has 1 amide bonds. The van der Waals surface area contributed by atoms with Crippen molar-refractivity contribution < 1.29 is 27.4 Å². The second kappa shape index (κ2) is 7.90. The van der Waals surface area contributed by atoms with E-state index in [0.29, 0.717) is 22.3 Å². The molecule has 0 saturated heterocycles. The third-order valence-corrected chi connectivity index (χ3v) is 5.34. The number of ether oxygens (including phenoxy) is 2. The molecule has 1 aliphatic heterocycles. The molecule has 0 aliphatic carbocycles. The molecule has 144 valence electrons. The fourth-order valence-electron chi connectivity index (χ4n) is 2.47. The maximum atomic E-state index is 13.0. The number of para-hydroxylation sites is 1. The Morgan fingerprint density at radius 2 is 2.04 bits per heavy atom. The molecule has 0 fully saturated rings. The van der Waals surface area contributed by atoms with Crippen LogP contribution in [-0.2, 0) is 16.7 Å². The van der Waals surface area contributed by atoms with E-state index >= 15 is 0 Å². The van der Waals surface area contributed by atoms with Crippen LogP contribution in [0.25, 0.3) is 0 Å². The number of fused-ring (bicyclic) bond motifs is 1. The summed E-state index contributed by atoms with van der Waals surface area (Å²) in [7, 11) is 0. The number of rotatable bonds is 5. The molecule has 27 heavy (non-hydrogen) atoms. The fraction of sp³-hybridized carbons (Fsp3) is 0.278. The van der Waals surface area contributed by atoms with E-state index in [-0.39, 0.29) is 12.5 Å². The minimum absolute atomic E-state index is 0.100. The number of anilines is 1. The van der Waals surface area contributed by atoms with Gasteiger partial charge < -0.3 is 14.8 Å². The van der Waals surface area contributed by atoms with Crippen molar-refractivity contribution in [2.45, 2.75) is 24.1 Å². The lowest BCUT2D eigenvalue weighted by atomic mass is 10.1. The molecule has 3 rings (SSSR count). The number of hydrogen-bond donors (Lipinski definition) is 1. The Kier molecular flexibility index (Phi) is 5.76. The first-order valence-corrected chi connectivity index (χ1v) is 9.35. The molecular weight excluding hydrogens is 403 g/mol. The Morgan fingerprint density at radius 3 is 2.78 bits per heavy atom. The van der Waals surface area contributed by atoms with Crippen LogP contribution in [0.5, 0.6) is 11.5 Å². The lowest BCUT2D eigenvalue weighted by Crippen LogP contribution is -2.24. The zero-order valence-electron chi connectivity index (χ0n) is 14.1. The molecule has 1 atom stereocenters. The van der Waals surface area contributed by atoms with E-state index in [2.05, 4.69) is 5.32 Å². The number of hydrogen-bond acceptors (Lipinski definition) is 4. The van der Waals surface area contributed by atoms with Gasteiger partial charge >= 0.3 is 6.18 Å². The molecule has 1 N–H and O–H groups in total. The monoisotopic (exact) mass is 417 g/mol. The maximum Gasteiger partial charge on any atom is 0.418 e.